The molecule has 1 aliphatic carbocycles. The van der Waals surface area contributed by atoms with E-state index in [-0.39, 0.29) is 26.9 Å². The first-order valence-electron chi connectivity index (χ1n) is 12.4. The Labute approximate surface area is 232 Å². The van der Waals surface area contributed by atoms with Crippen molar-refractivity contribution in [3.05, 3.63) is 63.6 Å². The van der Waals surface area contributed by atoms with E-state index >= 15 is 0 Å². The van der Waals surface area contributed by atoms with Crippen LogP contribution in [0.25, 0.3) is 0 Å². The summed E-state index contributed by atoms with van der Waals surface area (Å²) in [6, 6.07) is 11.9. The molecule has 0 radical (unpaired) electrons. The van der Waals surface area contributed by atoms with Crippen LogP contribution in [-0.2, 0) is 21.4 Å². The third kappa shape index (κ3) is 6.48. The SMILES string of the molecule is CN(Cc1ccc(C2=NCCN2C(=O)O)cc1)C(=O)CCCCN(C1CC1)S(=O)(=O)c1cccc(Cl)c1Cl. The van der Waals surface area contributed by atoms with Gasteiger partial charge in [0.05, 0.1) is 23.1 Å². The number of unbranched alkanes of at least 4 members (excludes halogenated alkanes) is 1. The molecule has 4 rings (SSSR count). The van der Waals surface area contributed by atoms with E-state index in [1.807, 2.05) is 24.3 Å². The second kappa shape index (κ2) is 12.0. The molecule has 38 heavy (non-hydrogen) atoms. The second-order valence-corrected chi connectivity index (χ2v) is 12.1. The highest BCUT2D eigenvalue weighted by Gasteiger charge is 2.38. The second-order valence-electron chi connectivity index (χ2n) is 9.44. The molecular formula is C26H30Cl2N4O5S. The first-order valence-corrected chi connectivity index (χ1v) is 14.6. The fraction of sp³-hybridized carbons (Fsp3) is 0.423. The molecule has 1 aliphatic heterocycles. The van der Waals surface area contributed by atoms with E-state index in [4.69, 9.17) is 23.2 Å². The minimum Gasteiger partial charge on any atom is -0.465 e. The van der Waals surface area contributed by atoms with Crippen molar-refractivity contribution in [2.75, 3.05) is 26.7 Å². The highest BCUT2D eigenvalue weighted by atomic mass is 35.5. The lowest BCUT2D eigenvalue weighted by atomic mass is 10.1. The quantitative estimate of drug-likeness (QED) is 0.387. The lowest BCUT2D eigenvalue weighted by molar-refractivity contribution is -0.130. The molecule has 1 N–H and O–H groups in total. The number of carbonyl (C=O) groups is 2. The third-order valence-electron chi connectivity index (χ3n) is 6.61. The molecule has 9 nitrogen and oxygen atoms in total. The van der Waals surface area contributed by atoms with Gasteiger partial charge in [0.1, 0.15) is 10.7 Å². The molecule has 0 atom stereocenters. The summed E-state index contributed by atoms with van der Waals surface area (Å²) in [5.41, 5.74) is 1.63. The highest BCUT2D eigenvalue weighted by molar-refractivity contribution is 7.89. The Morgan fingerprint density at radius 3 is 2.47 bits per heavy atom. The molecule has 12 heteroatoms. The Balaban J connectivity index is 1.27. The van der Waals surface area contributed by atoms with Gasteiger partial charge in [-0.15, -0.1) is 0 Å². The molecule has 204 valence electrons. The number of halogens is 2. The topological polar surface area (TPSA) is 111 Å². The molecular weight excluding hydrogens is 551 g/mol. The zero-order chi connectivity index (χ0) is 27.4. The van der Waals surface area contributed by atoms with Gasteiger partial charge in [-0.25, -0.2) is 13.2 Å². The average Bonchev–Trinajstić information content (AvgIpc) is 3.59. The molecule has 0 saturated heterocycles. The largest absolute Gasteiger partial charge is 0.465 e. The Hall–Kier alpha value is -2.66. The number of rotatable bonds is 11. The van der Waals surface area contributed by atoms with E-state index in [2.05, 4.69) is 4.99 Å². The van der Waals surface area contributed by atoms with Gasteiger partial charge < -0.3 is 10.0 Å². The lowest BCUT2D eigenvalue weighted by Gasteiger charge is -2.23. The number of carboxylic acid groups (broad SMARTS) is 1. The van der Waals surface area contributed by atoms with Gasteiger partial charge in [-0.3, -0.25) is 14.7 Å². The van der Waals surface area contributed by atoms with Crippen molar-refractivity contribution < 1.29 is 23.1 Å². The van der Waals surface area contributed by atoms with Crippen molar-refractivity contribution in [2.24, 2.45) is 4.99 Å². The number of hydrogen-bond acceptors (Lipinski definition) is 5. The zero-order valence-electron chi connectivity index (χ0n) is 21.0. The van der Waals surface area contributed by atoms with Gasteiger partial charge in [-0.05, 0) is 43.4 Å². The van der Waals surface area contributed by atoms with Crippen LogP contribution in [0.1, 0.15) is 43.2 Å². The first kappa shape index (κ1) is 28.4. The Morgan fingerprint density at radius 2 is 1.82 bits per heavy atom. The average molecular weight is 582 g/mol. The molecule has 0 bridgehead atoms. The van der Waals surface area contributed by atoms with Crippen LogP contribution in [0.4, 0.5) is 4.79 Å². The fourth-order valence-corrected chi connectivity index (χ4v) is 6.87. The summed E-state index contributed by atoms with van der Waals surface area (Å²) in [5, 5.41) is 9.52. The minimum atomic E-state index is -3.79. The summed E-state index contributed by atoms with van der Waals surface area (Å²) in [6.07, 6.45) is 1.98. The van der Waals surface area contributed by atoms with E-state index in [0.717, 1.165) is 24.0 Å². The molecule has 1 saturated carbocycles. The molecule has 2 aliphatic rings. The molecule has 1 fully saturated rings. The van der Waals surface area contributed by atoms with Gasteiger partial charge in [-0.2, -0.15) is 4.31 Å². The number of nitrogens with zero attached hydrogens (tertiary/aromatic N) is 4. The Bertz CT molecular complexity index is 1330. The smallest absolute Gasteiger partial charge is 0.413 e. The van der Waals surface area contributed by atoms with Gasteiger partial charge >= 0.3 is 6.09 Å². The summed E-state index contributed by atoms with van der Waals surface area (Å²) in [5.74, 6) is 0.401. The van der Waals surface area contributed by atoms with Crippen molar-refractivity contribution in [1.29, 1.82) is 0 Å². The van der Waals surface area contributed by atoms with Crippen molar-refractivity contribution in [1.82, 2.24) is 14.1 Å². The number of hydrogen-bond donors (Lipinski definition) is 1. The van der Waals surface area contributed by atoms with Crippen LogP contribution in [0.3, 0.4) is 0 Å². The fourth-order valence-electron chi connectivity index (χ4n) is 4.41. The number of aliphatic imine (C=N–C) groups is 1. The predicted octanol–water partition coefficient (Wildman–Crippen LogP) is 4.72. The number of carbonyl (C=O) groups excluding carboxylic acids is 1. The summed E-state index contributed by atoms with van der Waals surface area (Å²) in [7, 11) is -2.06. The monoisotopic (exact) mass is 580 g/mol. The number of amides is 2. The van der Waals surface area contributed by atoms with E-state index < -0.39 is 16.1 Å². The maximum absolute atomic E-state index is 13.3. The number of sulfonamides is 1. The van der Waals surface area contributed by atoms with Gasteiger partial charge in [-0.1, -0.05) is 53.5 Å². The van der Waals surface area contributed by atoms with Gasteiger partial charge in [0.2, 0.25) is 15.9 Å². The van der Waals surface area contributed by atoms with Crippen LogP contribution in [0.5, 0.6) is 0 Å². The van der Waals surface area contributed by atoms with Gasteiger partial charge in [0.25, 0.3) is 0 Å². The van der Waals surface area contributed by atoms with Crippen LogP contribution in [0, 0.1) is 0 Å². The molecule has 2 amide bonds. The zero-order valence-corrected chi connectivity index (χ0v) is 23.3. The van der Waals surface area contributed by atoms with E-state index in [1.54, 1.807) is 24.1 Å². The van der Waals surface area contributed by atoms with Crippen LogP contribution in [0.15, 0.2) is 52.4 Å². The third-order valence-corrected chi connectivity index (χ3v) is 9.53. The molecule has 2 aromatic carbocycles. The summed E-state index contributed by atoms with van der Waals surface area (Å²) in [4.78, 5) is 31.2. The van der Waals surface area contributed by atoms with Crippen molar-refractivity contribution in [2.45, 2.75) is 49.6 Å². The van der Waals surface area contributed by atoms with Crippen molar-refractivity contribution >= 4 is 51.1 Å². The lowest BCUT2D eigenvalue weighted by Crippen LogP contribution is -2.34. The maximum Gasteiger partial charge on any atom is 0.413 e. The van der Waals surface area contributed by atoms with Crippen LogP contribution < -0.4 is 0 Å². The standard InChI is InChI=1S/C26H30Cl2N4O5S/c1-30(17-18-8-10-19(11-9-18)25-29-14-16-31(25)26(34)35)23(33)7-2-3-15-32(20-12-13-20)38(36,37)22-6-4-5-21(27)24(22)28/h4-6,8-11,20H,2-3,7,12-17H2,1H3,(H,34,35). The van der Waals surface area contributed by atoms with Crippen molar-refractivity contribution in [3.63, 3.8) is 0 Å². The number of benzene rings is 2. The molecule has 0 spiro atoms. The Kier molecular flexibility index (Phi) is 8.97. The molecule has 1 heterocycles. The normalized spacial score (nSPS) is 15.6. The van der Waals surface area contributed by atoms with E-state index in [0.29, 0.717) is 51.3 Å². The highest BCUT2D eigenvalue weighted by Crippen LogP contribution is 2.36. The Morgan fingerprint density at radius 1 is 1.11 bits per heavy atom. The number of amidine groups is 1. The predicted molar refractivity (Wildman–Crippen MR) is 146 cm³/mol. The maximum atomic E-state index is 13.3. The van der Waals surface area contributed by atoms with Crippen molar-refractivity contribution in [3.8, 4) is 0 Å². The van der Waals surface area contributed by atoms with E-state index in [1.165, 1.54) is 15.3 Å². The van der Waals surface area contributed by atoms with Crippen LogP contribution in [0.2, 0.25) is 10.0 Å². The molecule has 2 aromatic rings. The molecule has 0 unspecified atom stereocenters. The van der Waals surface area contributed by atoms with Crippen LogP contribution >= 0.6 is 23.2 Å². The summed E-state index contributed by atoms with van der Waals surface area (Å²) >= 11 is 12.2. The summed E-state index contributed by atoms with van der Waals surface area (Å²) in [6.45, 7) is 1.51. The van der Waals surface area contributed by atoms with Gasteiger partial charge in [0, 0.05) is 38.2 Å². The summed E-state index contributed by atoms with van der Waals surface area (Å²) < 4.78 is 28.0. The first-order chi connectivity index (χ1) is 18.1. The minimum absolute atomic E-state index is 0.0102. The van der Waals surface area contributed by atoms with Crippen LogP contribution in [-0.4, -0.2) is 78.2 Å². The van der Waals surface area contributed by atoms with Gasteiger partial charge in [0.15, 0.2) is 0 Å². The molecule has 0 aromatic heterocycles. The van der Waals surface area contributed by atoms with E-state index in [9.17, 15) is 23.1 Å².